The van der Waals surface area contributed by atoms with Crippen molar-refractivity contribution in [3.8, 4) is 0 Å². The lowest BCUT2D eigenvalue weighted by Crippen LogP contribution is -2.36. The summed E-state index contributed by atoms with van der Waals surface area (Å²) in [5, 5.41) is 9.42. The average molecular weight is 188 g/mol. The van der Waals surface area contributed by atoms with Crippen LogP contribution in [-0.2, 0) is 14.3 Å². The van der Waals surface area contributed by atoms with Crippen molar-refractivity contribution in [3.05, 3.63) is 0 Å². The fourth-order valence-electron chi connectivity index (χ4n) is 1.71. The van der Waals surface area contributed by atoms with Crippen LogP contribution in [-0.4, -0.2) is 36.5 Å². The second kappa shape index (κ2) is 4.58. The molecule has 4 nitrogen and oxygen atoms in total. The van der Waals surface area contributed by atoms with Gasteiger partial charge in [0.25, 0.3) is 0 Å². The number of rotatable bonds is 2. The van der Waals surface area contributed by atoms with Crippen molar-refractivity contribution in [1.82, 2.24) is 0 Å². The summed E-state index contributed by atoms with van der Waals surface area (Å²) in [7, 11) is 1.60. The predicted molar refractivity (Wildman–Crippen MR) is 46.2 cm³/mol. The summed E-state index contributed by atoms with van der Waals surface area (Å²) in [4.78, 5) is 10.7. The Bertz CT molecular complexity index is 180. The third-order valence-corrected chi connectivity index (χ3v) is 2.26. The van der Waals surface area contributed by atoms with E-state index < -0.39 is 6.10 Å². The largest absolute Gasteiger partial charge is 0.462 e. The molecule has 76 valence electrons. The van der Waals surface area contributed by atoms with E-state index in [2.05, 4.69) is 0 Å². The normalized spacial score (nSPS) is 34.2. The van der Waals surface area contributed by atoms with Crippen LogP contribution in [0.4, 0.5) is 0 Å². The molecular formula is C9H16O4. The first-order valence-corrected chi connectivity index (χ1v) is 4.50. The highest BCUT2D eigenvalue weighted by Crippen LogP contribution is 2.23. The number of aliphatic hydroxyl groups is 1. The Labute approximate surface area is 77.8 Å². The first-order chi connectivity index (χ1) is 6.11. The van der Waals surface area contributed by atoms with Gasteiger partial charge in [-0.3, -0.25) is 4.79 Å². The lowest BCUT2D eigenvalue weighted by Gasteiger charge is -2.30. The van der Waals surface area contributed by atoms with Crippen molar-refractivity contribution < 1.29 is 19.4 Å². The maximum atomic E-state index is 10.7. The Balaban J connectivity index is 2.42. The van der Waals surface area contributed by atoms with Gasteiger partial charge in [0, 0.05) is 26.9 Å². The molecule has 13 heavy (non-hydrogen) atoms. The van der Waals surface area contributed by atoms with Crippen LogP contribution in [0.15, 0.2) is 0 Å². The molecule has 0 aromatic carbocycles. The van der Waals surface area contributed by atoms with Gasteiger partial charge >= 0.3 is 5.97 Å². The average Bonchev–Trinajstić information content (AvgIpc) is 2.01. The maximum Gasteiger partial charge on any atom is 0.302 e. The van der Waals surface area contributed by atoms with E-state index in [1.807, 2.05) is 0 Å². The van der Waals surface area contributed by atoms with E-state index >= 15 is 0 Å². The minimum atomic E-state index is -0.414. The molecule has 0 saturated heterocycles. The van der Waals surface area contributed by atoms with Crippen molar-refractivity contribution in [2.45, 2.75) is 44.5 Å². The van der Waals surface area contributed by atoms with Crippen molar-refractivity contribution in [2.24, 2.45) is 0 Å². The summed E-state index contributed by atoms with van der Waals surface area (Å²) in [5.74, 6) is -0.297. The summed E-state index contributed by atoms with van der Waals surface area (Å²) in [6.45, 7) is 1.38. The van der Waals surface area contributed by atoms with Crippen molar-refractivity contribution in [2.75, 3.05) is 7.11 Å². The van der Waals surface area contributed by atoms with Crippen LogP contribution in [0.1, 0.15) is 26.2 Å². The third kappa shape index (κ3) is 3.32. The lowest BCUT2D eigenvalue weighted by molar-refractivity contribution is -0.152. The molecule has 0 heterocycles. The highest BCUT2D eigenvalue weighted by atomic mass is 16.5. The third-order valence-electron chi connectivity index (χ3n) is 2.26. The molecule has 3 atom stereocenters. The monoisotopic (exact) mass is 188 g/mol. The quantitative estimate of drug-likeness (QED) is 0.640. The zero-order chi connectivity index (χ0) is 9.84. The Morgan fingerprint density at radius 3 is 2.46 bits per heavy atom. The van der Waals surface area contributed by atoms with Gasteiger partial charge in [0.2, 0.25) is 0 Å². The van der Waals surface area contributed by atoms with Gasteiger partial charge in [-0.2, -0.15) is 0 Å². The summed E-state index contributed by atoms with van der Waals surface area (Å²) in [6.07, 6.45) is 1.25. The minimum Gasteiger partial charge on any atom is -0.462 e. The zero-order valence-electron chi connectivity index (χ0n) is 8.03. The molecule has 0 aromatic rings. The van der Waals surface area contributed by atoms with Gasteiger partial charge in [-0.1, -0.05) is 0 Å². The van der Waals surface area contributed by atoms with Crippen LogP contribution in [0.25, 0.3) is 0 Å². The molecule has 0 radical (unpaired) electrons. The van der Waals surface area contributed by atoms with E-state index in [0.29, 0.717) is 19.3 Å². The Hall–Kier alpha value is -0.610. The predicted octanol–water partition coefficient (Wildman–Crippen LogP) is 0.478. The number of esters is 1. The van der Waals surface area contributed by atoms with Gasteiger partial charge in [-0.15, -0.1) is 0 Å². The smallest absolute Gasteiger partial charge is 0.302 e. The van der Waals surface area contributed by atoms with Crippen molar-refractivity contribution in [3.63, 3.8) is 0 Å². The van der Waals surface area contributed by atoms with Crippen molar-refractivity contribution >= 4 is 5.97 Å². The molecule has 1 rings (SSSR count). The summed E-state index contributed by atoms with van der Waals surface area (Å²) in [6, 6.07) is 0. The summed E-state index contributed by atoms with van der Waals surface area (Å²) < 4.78 is 10.1. The molecule has 0 amide bonds. The molecule has 4 heteroatoms. The van der Waals surface area contributed by atoms with Crippen LogP contribution in [0.2, 0.25) is 0 Å². The van der Waals surface area contributed by atoms with Gasteiger partial charge in [0.05, 0.1) is 12.2 Å². The Morgan fingerprint density at radius 2 is 1.92 bits per heavy atom. The Kier molecular flexibility index (Phi) is 3.69. The molecule has 1 N–H and O–H groups in total. The number of carbonyl (C=O) groups is 1. The van der Waals surface area contributed by atoms with Crippen LogP contribution < -0.4 is 0 Å². The number of carbonyl (C=O) groups excluding carboxylic acids is 1. The SMILES string of the molecule is COC1CC(O)CC(OC(C)=O)C1. The molecule has 0 aliphatic heterocycles. The topological polar surface area (TPSA) is 55.8 Å². The molecule has 1 aliphatic carbocycles. The van der Waals surface area contributed by atoms with Crippen LogP contribution in [0.3, 0.4) is 0 Å². The molecule has 0 spiro atoms. The van der Waals surface area contributed by atoms with E-state index in [0.717, 1.165) is 0 Å². The number of methoxy groups -OCH3 is 1. The van der Waals surface area contributed by atoms with E-state index in [1.54, 1.807) is 7.11 Å². The van der Waals surface area contributed by atoms with Gasteiger partial charge in [-0.25, -0.2) is 0 Å². The fourth-order valence-corrected chi connectivity index (χ4v) is 1.71. The van der Waals surface area contributed by atoms with Gasteiger partial charge < -0.3 is 14.6 Å². The molecule has 3 unspecified atom stereocenters. The standard InChI is InChI=1S/C9H16O4/c1-6(10)13-9-4-7(11)3-8(5-9)12-2/h7-9,11H,3-5H2,1-2H3. The summed E-state index contributed by atoms with van der Waals surface area (Å²) >= 11 is 0. The van der Waals surface area contributed by atoms with E-state index in [1.165, 1.54) is 6.92 Å². The van der Waals surface area contributed by atoms with Gasteiger partial charge in [0.1, 0.15) is 6.10 Å². The number of hydrogen-bond donors (Lipinski definition) is 1. The van der Waals surface area contributed by atoms with Crippen molar-refractivity contribution in [1.29, 1.82) is 0 Å². The molecule has 0 bridgehead atoms. The molecule has 1 aliphatic rings. The first-order valence-electron chi connectivity index (χ1n) is 4.50. The van der Waals surface area contributed by atoms with Crippen LogP contribution in [0.5, 0.6) is 0 Å². The molecule has 1 saturated carbocycles. The van der Waals surface area contributed by atoms with E-state index in [9.17, 15) is 9.90 Å². The van der Waals surface area contributed by atoms with Gasteiger partial charge in [-0.05, 0) is 6.42 Å². The molecule has 0 aromatic heterocycles. The van der Waals surface area contributed by atoms with Crippen LogP contribution in [0, 0.1) is 0 Å². The minimum absolute atomic E-state index is 0.00750. The second-order valence-corrected chi connectivity index (χ2v) is 3.45. The number of hydrogen-bond acceptors (Lipinski definition) is 4. The molecule has 1 fully saturated rings. The number of ether oxygens (including phenoxy) is 2. The lowest BCUT2D eigenvalue weighted by atomic mass is 9.92. The highest BCUT2D eigenvalue weighted by Gasteiger charge is 2.29. The number of aliphatic hydroxyl groups excluding tert-OH is 1. The van der Waals surface area contributed by atoms with Crippen LogP contribution >= 0.6 is 0 Å². The van der Waals surface area contributed by atoms with Gasteiger partial charge in [0.15, 0.2) is 0 Å². The van der Waals surface area contributed by atoms with E-state index in [-0.39, 0.29) is 18.2 Å². The zero-order valence-corrected chi connectivity index (χ0v) is 8.03. The van der Waals surface area contributed by atoms with E-state index in [4.69, 9.17) is 9.47 Å². The fraction of sp³-hybridized carbons (Fsp3) is 0.889. The second-order valence-electron chi connectivity index (χ2n) is 3.45. The maximum absolute atomic E-state index is 10.7. The highest BCUT2D eigenvalue weighted by molar-refractivity contribution is 5.66. The summed E-state index contributed by atoms with van der Waals surface area (Å²) in [5.41, 5.74) is 0. The Morgan fingerprint density at radius 1 is 1.31 bits per heavy atom. The molecular weight excluding hydrogens is 172 g/mol. The first kappa shape index (κ1) is 10.5.